The highest BCUT2D eigenvalue weighted by molar-refractivity contribution is 7.81. The molecule has 0 bridgehead atoms. The first-order valence-electron chi connectivity index (χ1n) is 13.0. The van der Waals surface area contributed by atoms with Crippen molar-refractivity contribution >= 4 is 46.3 Å². The van der Waals surface area contributed by atoms with E-state index in [1.165, 1.54) is 18.2 Å². The van der Waals surface area contributed by atoms with Crippen LogP contribution < -0.4 is 14.9 Å². The molecule has 2 N–H and O–H groups in total. The Hall–Kier alpha value is -3.51. The molecule has 1 fully saturated rings. The number of anilines is 3. The molecule has 4 heterocycles. The summed E-state index contributed by atoms with van der Waals surface area (Å²) < 4.78 is 30.5. The predicted molar refractivity (Wildman–Crippen MR) is 150 cm³/mol. The van der Waals surface area contributed by atoms with Crippen LogP contribution in [0.5, 0.6) is 0 Å². The number of ether oxygens (including phenoxy) is 1. The monoisotopic (exact) mass is 555 g/mol. The average molecular weight is 556 g/mol. The molecule has 1 unspecified atom stereocenters. The van der Waals surface area contributed by atoms with Crippen LogP contribution in [0.2, 0.25) is 0 Å². The number of carbonyl (C=O) groups excluding carboxylic acids is 2. The summed E-state index contributed by atoms with van der Waals surface area (Å²) in [5.41, 5.74) is 7.00. The Kier molecular flexibility index (Phi) is 8.26. The molecule has 0 aliphatic carbocycles. The van der Waals surface area contributed by atoms with Crippen LogP contribution in [-0.4, -0.2) is 66.9 Å². The lowest BCUT2D eigenvalue weighted by atomic mass is 9.97. The molecular formula is C27H35N6O5S-. The minimum Gasteiger partial charge on any atom is -0.755 e. The van der Waals surface area contributed by atoms with Gasteiger partial charge >= 0.3 is 6.09 Å². The molecule has 0 aromatic carbocycles. The normalized spacial score (nSPS) is 19.6. The largest absolute Gasteiger partial charge is 0.755 e. The van der Waals surface area contributed by atoms with E-state index in [9.17, 15) is 18.4 Å². The van der Waals surface area contributed by atoms with Gasteiger partial charge in [0, 0.05) is 18.6 Å². The van der Waals surface area contributed by atoms with Crippen LogP contribution in [0, 0.1) is 5.92 Å². The molecule has 2 aliphatic heterocycles. The van der Waals surface area contributed by atoms with Gasteiger partial charge in [0.2, 0.25) is 0 Å². The van der Waals surface area contributed by atoms with Gasteiger partial charge in [0.1, 0.15) is 17.5 Å². The number of hydrogen-bond donors (Lipinski definition) is 1. The topological polar surface area (TPSA) is 145 Å². The van der Waals surface area contributed by atoms with E-state index in [1.54, 1.807) is 30.9 Å². The predicted octanol–water partition coefficient (Wildman–Crippen LogP) is 3.76. The number of amides is 2. The Bertz CT molecular complexity index is 1310. The summed E-state index contributed by atoms with van der Waals surface area (Å²) >= 11 is -2.95. The lowest BCUT2D eigenvalue weighted by Gasteiger charge is -2.35. The Labute approximate surface area is 231 Å². The molecule has 2 aromatic heterocycles. The molecule has 2 amide bonds. The van der Waals surface area contributed by atoms with Gasteiger partial charge in [-0.1, -0.05) is 19.1 Å². The number of nitrogens with two attached hydrogens (primary N) is 1. The molecule has 0 saturated carbocycles. The molecule has 2 aliphatic rings. The van der Waals surface area contributed by atoms with Gasteiger partial charge in [0.05, 0.1) is 35.2 Å². The van der Waals surface area contributed by atoms with Crippen LogP contribution >= 0.6 is 0 Å². The summed E-state index contributed by atoms with van der Waals surface area (Å²) in [5, 5.41) is 0. The summed E-state index contributed by atoms with van der Waals surface area (Å²) in [6.45, 7) is 11.4. The standard InChI is InChI=1S/C27H36N6O5S/c1-17(2)38-26(35)31-13-7-8-19(16-31)21-12-11-20(24(29-21)32-15-18(3)14-27(32,4)5)25(34)33(39(36)37)23-10-6-9-22(28)30-23/h6,8-12,17-18H,7,13-16H2,1-5H3,(H2,28,30)(H,36,37)/p-1/t18-/m0/s1. The van der Waals surface area contributed by atoms with Crippen LogP contribution in [0.4, 0.5) is 22.2 Å². The number of pyridine rings is 2. The molecule has 39 heavy (non-hydrogen) atoms. The van der Waals surface area contributed by atoms with Crippen LogP contribution in [-0.2, 0) is 16.0 Å². The number of nitrogens with zero attached hydrogens (tertiary/aromatic N) is 5. The maximum absolute atomic E-state index is 13.8. The highest BCUT2D eigenvalue weighted by Crippen LogP contribution is 2.38. The van der Waals surface area contributed by atoms with E-state index in [1.807, 2.05) is 6.08 Å². The second-order valence-electron chi connectivity index (χ2n) is 10.9. The number of hydrogen-bond acceptors (Lipinski definition) is 9. The number of nitrogen functional groups attached to an aromatic ring is 1. The summed E-state index contributed by atoms with van der Waals surface area (Å²) in [7, 11) is 0. The van der Waals surface area contributed by atoms with Gasteiger partial charge in [0.25, 0.3) is 5.91 Å². The van der Waals surface area contributed by atoms with Crippen molar-refractivity contribution in [2.75, 3.05) is 34.6 Å². The highest BCUT2D eigenvalue weighted by atomic mass is 32.2. The van der Waals surface area contributed by atoms with Gasteiger partial charge in [-0.2, -0.15) is 0 Å². The van der Waals surface area contributed by atoms with Crippen molar-refractivity contribution in [3.63, 3.8) is 0 Å². The average Bonchev–Trinajstić information content (AvgIpc) is 3.14. The Balaban J connectivity index is 1.77. The fourth-order valence-corrected chi connectivity index (χ4v) is 5.72. The second kappa shape index (κ2) is 11.3. The van der Waals surface area contributed by atoms with E-state index in [0.29, 0.717) is 47.8 Å². The van der Waals surface area contributed by atoms with Gasteiger partial charge in [-0.3, -0.25) is 9.00 Å². The third kappa shape index (κ3) is 6.22. The third-order valence-corrected chi connectivity index (χ3v) is 7.46. The smallest absolute Gasteiger partial charge is 0.410 e. The zero-order valence-electron chi connectivity index (χ0n) is 22.9. The van der Waals surface area contributed by atoms with Gasteiger partial charge in [-0.15, -0.1) is 0 Å². The summed E-state index contributed by atoms with van der Waals surface area (Å²) in [5.74, 6) is -0.0843. The number of carbonyl (C=O) groups is 2. The van der Waals surface area contributed by atoms with E-state index in [0.717, 1.165) is 12.0 Å². The van der Waals surface area contributed by atoms with E-state index in [2.05, 4.69) is 30.7 Å². The molecule has 1 saturated heterocycles. The first kappa shape index (κ1) is 28.5. The molecule has 2 atom stereocenters. The Morgan fingerprint density at radius 3 is 2.59 bits per heavy atom. The van der Waals surface area contributed by atoms with E-state index in [-0.39, 0.29) is 34.9 Å². The van der Waals surface area contributed by atoms with E-state index < -0.39 is 17.2 Å². The molecule has 4 rings (SSSR count). The van der Waals surface area contributed by atoms with Crippen molar-refractivity contribution in [2.45, 2.75) is 59.1 Å². The molecule has 0 spiro atoms. The molecule has 0 radical (unpaired) electrons. The van der Waals surface area contributed by atoms with Crippen LogP contribution in [0.15, 0.2) is 36.4 Å². The molecule has 11 nitrogen and oxygen atoms in total. The zero-order chi connectivity index (χ0) is 28.5. The van der Waals surface area contributed by atoms with Crippen molar-refractivity contribution in [3.8, 4) is 0 Å². The van der Waals surface area contributed by atoms with Crippen LogP contribution in [0.1, 0.15) is 63.5 Å². The van der Waals surface area contributed by atoms with Crippen molar-refractivity contribution in [1.29, 1.82) is 0 Å². The van der Waals surface area contributed by atoms with Crippen LogP contribution in [0.25, 0.3) is 5.57 Å². The van der Waals surface area contributed by atoms with Crippen molar-refractivity contribution in [2.24, 2.45) is 5.92 Å². The zero-order valence-corrected chi connectivity index (χ0v) is 23.7. The lowest BCUT2D eigenvalue weighted by molar-refractivity contribution is 0.0802. The first-order valence-corrected chi connectivity index (χ1v) is 14.0. The molecule has 2 aromatic rings. The summed E-state index contributed by atoms with van der Waals surface area (Å²) in [6.07, 6.45) is 2.92. The number of aromatic nitrogens is 2. The maximum Gasteiger partial charge on any atom is 0.410 e. The summed E-state index contributed by atoms with van der Waals surface area (Å²) in [4.78, 5) is 39.0. The first-order chi connectivity index (χ1) is 18.4. The lowest BCUT2D eigenvalue weighted by Crippen LogP contribution is -2.41. The summed E-state index contributed by atoms with van der Waals surface area (Å²) in [6, 6.07) is 7.73. The van der Waals surface area contributed by atoms with Gasteiger partial charge < -0.3 is 24.8 Å². The Morgan fingerprint density at radius 1 is 1.23 bits per heavy atom. The van der Waals surface area contributed by atoms with E-state index in [4.69, 9.17) is 15.5 Å². The minimum atomic E-state index is -2.95. The fraction of sp³-hybridized carbons (Fsp3) is 0.481. The quantitative estimate of drug-likeness (QED) is 0.527. The number of rotatable bonds is 6. The van der Waals surface area contributed by atoms with Gasteiger partial charge in [-0.05, 0) is 76.3 Å². The van der Waals surface area contributed by atoms with Crippen LogP contribution in [0.3, 0.4) is 0 Å². The third-order valence-electron chi connectivity index (χ3n) is 6.81. The molecule has 12 heteroatoms. The van der Waals surface area contributed by atoms with Crippen molar-refractivity contribution in [1.82, 2.24) is 14.9 Å². The fourth-order valence-electron chi connectivity index (χ4n) is 5.23. The highest BCUT2D eigenvalue weighted by Gasteiger charge is 2.40. The van der Waals surface area contributed by atoms with Gasteiger partial charge in [0.15, 0.2) is 0 Å². The second-order valence-corrected chi connectivity index (χ2v) is 11.7. The van der Waals surface area contributed by atoms with Gasteiger partial charge in [-0.25, -0.2) is 19.1 Å². The molecule has 210 valence electrons. The van der Waals surface area contributed by atoms with Crippen molar-refractivity contribution < 1.29 is 23.1 Å². The SMILES string of the molecule is CC(C)OC(=O)N1CCC=C(c2ccc(C(=O)N(c3cccc(N)n3)S(=O)[O-])c(N3C[C@@H](C)CC3(C)C)n2)C1. The minimum absolute atomic E-state index is 0.0868. The maximum atomic E-state index is 13.8. The van der Waals surface area contributed by atoms with E-state index >= 15 is 0 Å². The van der Waals surface area contributed by atoms with Crippen molar-refractivity contribution in [3.05, 3.63) is 47.7 Å². The molecular weight excluding hydrogens is 520 g/mol. The Morgan fingerprint density at radius 2 is 1.97 bits per heavy atom.